The number of nitro groups is 1. The van der Waals surface area contributed by atoms with Crippen molar-refractivity contribution in [3.8, 4) is 0 Å². The first-order chi connectivity index (χ1) is 9.66. The first-order valence-corrected chi connectivity index (χ1v) is 8.15. The van der Waals surface area contributed by atoms with Crippen LogP contribution in [0.2, 0.25) is 0 Å². The molecule has 1 aromatic carbocycles. The third kappa shape index (κ3) is 4.59. The van der Waals surface area contributed by atoms with Crippen molar-refractivity contribution in [3.63, 3.8) is 0 Å². The summed E-state index contributed by atoms with van der Waals surface area (Å²) in [6.45, 7) is 4.30. The van der Waals surface area contributed by atoms with Crippen molar-refractivity contribution >= 4 is 34.0 Å². The lowest BCUT2D eigenvalue weighted by molar-refractivity contribution is -0.384. The number of likely N-dealkylation sites (tertiary alicyclic amines) is 1. The Morgan fingerprint density at radius 2 is 1.95 bits per heavy atom. The molecule has 1 fully saturated rings. The Balaban J connectivity index is 1.83. The smallest absolute Gasteiger partial charge is 0.270 e. The first kappa shape index (κ1) is 15.5. The molecular formula is C14H20IN3O2. The molecule has 0 radical (unpaired) electrons. The van der Waals surface area contributed by atoms with E-state index in [2.05, 4.69) is 32.8 Å². The van der Waals surface area contributed by atoms with E-state index in [4.69, 9.17) is 0 Å². The van der Waals surface area contributed by atoms with Gasteiger partial charge in [-0.05, 0) is 54.6 Å². The average Bonchev–Trinajstić information content (AvgIpc) is 2.69. The van der Waals surface area contributed by atoms with Crippen molar-refractivity contribution in [2.24, 2.45) is 0 Å². The minimum Gasteiger partial charge on any atom is -0.383 e. The normalized spacial score (nSPS) is 16.6. The van der Waals surface area contributed by atoms with Gasteiger partial charge in [0, 0.05) is 34.5 Å². The molecule has 110 valence electrons. The van der Waals surface area contributed by atoms with Crippen LogP contribution in [0.15, 0.2) is 18.2 Å². The van der Waals surface area contributed by atoms with Crippen LogP contribution in [0.1, 0.15) is 25.7 Å². The van der Waals surface area contributed by atoms with E-state index in [1.165, 1.54) is 38.8 Å². The molecule has 0 aliphatic carbocycles. The van der Waals surface area contributed by atoms with Gasteiger partial charge in [-0.15, -0.1) is 0 Å². The van der Waals surface area contributed by atoms with Gasteiger partial charge in [-0.3, -0.25) is 10.1 Å². The zero-order chi connectivity index (χ0) is 14.4. The van der Waals surface area contributed by atoms with Crippen molar-refractivity contribution in [2.45, 2.75) is 25.7 Å². The highest BCUT2D eigenvalue weighted by atomic mass is 127. The Morgan fingerprint density at radius 1 is 1.25 bits per heavy atom. The number of benzene rings is 1. The maximum Gasteiger partial charge on any atom is 0.270 e. The second kappa shape index (κ2) is 7.78. The van der Waals surface area contributed by atoms with Gasteiger partial charge in [0.2, 0.25) is 0 Å². The van der Waals surface area contributed by atoms with Gasteiger partial charge in [-0.1, -0.05) is 12.8 Å². The van der Waals surface area contributed by atoms with E-state index in [0.29, 0.717) is 0 Å². The van der Waals surface area contributed by atoms with Crippen molar-refractivity contribution in [1.82, 2.24) is 4.90 Å². The maximum absolute atomic E-state index is 10.7. The number of hydrogen-bond acceptors (Lipinski definition) is 4. The summed E-state index contributed by atoms with van der Waals surface area (Å²) in [5.74, 6) is 0. The zero-order valence-corrected chi connectivity index (χ0v) is 13.6. The van der Waals surface area contributed by atoms with E-state index in [9.17, 15) is 10.1 Å². The monoisotopic (exact) mass is 389 g/mol. The Bertz CT molecular complexity index is 460. The molecule has 0 spiro atoms. The van der Waals surface area contributed by atoms with Crippen molar-refractivity contribution < 1.29 is 4.92 Å². The van der Waals surface area contributed by atoms with E-state index in [1.54, 1.807) is 18.2 Å². The van der Waals surface area contributed by atoms with E-state index in [0.717, 1.165) is 22.3 Å². The van der Waals surface area contributed by atoms with Crippen LogP contribution >= 0.6 is 22.6 Å². The molecule has 0 saturated carbocycles. The van der Waals surface area contributed by atoms with Gasteiger partial charge < -0.3 is 10.2 Å². The first-order valence-electron chi connectivity index (χ1n) is 7.07. The highest BCUT2D eigenvalue weighted by Gasteiger charge is 2.10. The summed E-state index contributed by atoms with van der Waals surface area (Å²) < 4.78 is 0.896. The van der Waals surface area contributed by atoms with Gasteiger partial charge in [0.15, 0.2) is 0 Å². The largest absolute Gasteiger partial charge is 0.383 e. The van der Waals surface area contributed by atoms with Gasteiger partial charge in [0.05, 0.1) is 4.92 Å². The molecule has 0 unspecified atom stereocenters. The molecule has 5 nitrogen and oxygen atoms in total. The number of non-ortho nitro benzene ring substituents is 1. The fourth-order valence-corrected chi connectivity index (χ4v) is 3.16. The maximum atomic E-state index is 10.7. The Kier molecular flexibility index (Phi) is 6.03. The standard InChI is InChI=1S/C14H20IN3O2/c15-13-11-12(18(19)20)5-6-14(13)16-7-10-17-8-3-1-2-4-9-17/h5-6,11,16H,1-4,7-10H2. The van der Waals surface area contributed by atoms with Gasteiger partial charge in [0.1, 0.15) is 0 Å². The lowest BCUT2D eigenvalue weighted by atomic mass is 10.2. The summed E-state index contributed by atoms with van der Waals surface area (Å²) in [5.41, 5.74) is 1.12. The second-order valence-electron chi connectivity index (χ2n) is 5.10. The molecule has 1 N–H and O–H groups in total. The fraction of sp³-hybridized carbons (Fsp3) is 0.571. The third-order valence-corrected chi connectivity index (χ3v) is 4.50. The second-order valence-corrected chi connectivity index (χ2v) is 6.27. The molecule has 1 aliphatic heterocycles. The van der Waals surface area contributed by atoms with Gasteiger partial charge in [0.25, 0.3) is 5.69 Å². The van der Waals surface area contributed by atoms with Crippen LogP contribution in [-0.2, 0) is 0 Å². The number of nitro benzene ring substituents is 1. The number of nitrogens with one attached hydrogen (secondary N) is 1. The summed E-state index contributed by atoms with van der Waals surface area (Å²) in [4.78, 5) is 12.8. The SMILES string of the molecule is O=[N+]([O-])c1ccc(NCCN2CCCCCC2)c(I)c1. The predicted molar refractivity (Wildman–Crippen MR) is 89.2 cm³/mol. The van der Waals surface area contributed by atoms with Crippen LogP contribution in [0.25, 0.3) is 0 Å². The minimum absolute atomic E-state index is 0.146. The topological polar surface area (TPSA) is 58.4 Å². The molecule has 0 amide bonds. The summed E-state index contributed by atoms with van der Waals surface area (Å²) in [6, 6.07) is 4.95. The van der Waals surface area contributed by atoms with Gasteiger partial charge in [-0.2, -0.15) is 0 Å². The molecule has 1 aromatic rings. The van der Waals surface area contributed by atoms with Crippen LogP contribution in [0.3, 0.4) is 0 Å². The van der Waals surface area contributed by atoms with Crippen LogP contribution in [0.4, 0.5) is 11.4 Å². The number of halogens is 1. The minimum atomic E-state index is -0.358. The molecule has 6 heteroatoms. The van der Waals surface area contributed by atoms with E-state index in [1.807, 2.05) is 0 Å². The Morgan fingerprint density at radius 3 is 2.55 bits per heavy atom. The molecule has 0 aromatic heterocycles. The summed E-state index contributed by atoms with van der Waals surface area (Å²) in [6.07, 6.45) is 5.30. The molecule has 1 saturated heterocycles. The highest BCUT2D eigenvalue weighted by Crippen LogP contribution is 2.23. The summed E-state index contributed by atoms with van der Waals surface area (Å²) in [7, 11) is 0. The average molecular weight is 389 g/mol. The fourth-order valence-electron chi connectivity index (χ4n) is 2.47. The quantitative estimate of drug-likeness (QED) is 0.476. The third-order valence-electron chi connectivity index (χ3n) is 3.61. The zero-order valence-electron chi connectivity index (χ0n) is 11.5. The Hall–Kier alpha value is -0.890. The summed E-state index contributed by atoms with van der Waals surface area (Å²) in [5, 5.41) is 14.1. The van der Waals surface area contributed by atoms with Crippen LogP contribution in [0.5, 0.6) is 0 Å². The van der Waals surface area contributed by atoms with Crippen LogP contribution in [0, 0.1) is 13.7 Å². The molecule has 20 heavy (non-hydrogen) atoms. The van der Waals surface area contributed by atoms with Crippen LogP contribution < -0.4 is 5.32 Å². The number of rotatable bonds is 5. The molecule has 2 rings (SSSR count). The lowest BCUT2D eigenvalue weighted by Crippen LogP contribution is -2.30. The van der Waals surface area contributed by atoms with Crippen molar-refractivity contribution in [2.75, 3.05) is 31.5 Å². The highest BCUT2D eigenvalue weighted by molar-refractivity contribution is 14.1. The van der Waals surface area contributed by atoms with Crippen molar-refractivity contribution in [1.29, 1.82) is 0 Å². The number of anilines is 1. The van der Waals surface area contributed by atoms with E-state index >= 15 is 0 Å². The molecule has 1 aliphatic rings. The number of nitrogens with zero attached hydrogens (tertiary/aromatic N) is 2. The number of hydrogen-bond donors (Lipinski definition) is 1. The lowest BCUT2D eigenvalue weighted by Gasteiger charge is -2.20. The molecule has 0 bridgehead atoms. The Labute approximate surface area is 133 Å². The van der Waals surface area contributed by atoms with Gasteiger partial charge >= 0.3 is 0 Å². The molecular weight excluding hydrogens is 369 g/mol. The van der Waals surface area contributed by atoms with E-state index in [-0.39, 0.29) is 10.6 Å². The van der Waals surface area contributed by atoms with Gasteiger partial charge in [-0.25, -0.2) is 0 Å². The molecule has 0 atom stereocenters. The predicted octanol–water partition coefficient (Wildman–Crippen LogP) is 3.49. The van der Waals surface area contributed by atoms with E-state index < -0.39 is 0 Å². The summed E-state index contributed by atoms with van der Waals surface area (Å²) >= 11 is 2.14. The van der Waals surface area contributed by atoms with Crippen molar-refractivity contribution in [3.05, 3.63) is 31.9 Å². The molecule has 1 heterocycles. The van der Waals surface area contributed by atoms with Crippen LogP contribution in [-0.4, -0.2) is 36.0 Å².